The molecule has 7 heterocycles. The normalized spacial score (nSPS) is 27.0. The second kappa shape index (κ2) is 18.1. The number of pyridine rings is 1. The number of carbonyl (C=O) groups is 4. The zero-order valence-electron chi connectivity index (χ0n) is 39.1. The number of likely N-dealkylation sites (tertiary alicyclic amines) is 1. The number of methoxy groups -OCH3 is 1. The second-order valence-electron chi connectivity index (χ2n) is 19.9. The van der Waals surface area contributed by atoms with Gasteiger partial charge in [-0.25, -0.2) is 10.2 Å². The van der Waals surface area contributed by atoms with Crippen LogP contribution in [0.15, 0.2) is 36.5 Å². The van der Waals surface area contributed by atoms with Crippen LogP contribution >= 0.6 is 0 Å². The highest BCUT2D eigenvalue weighted by molar-refractivity contribution is 5.96. The number of hydrogen-bond acceptors (Lipinski definition) is 12. The smallest absolute Gasteiger partial charge is 0.324 e. The Morgan fingerprint density at radius 2 is 1.91 bits per heavy atom. The van der Waals surface area contributed by atoms with Gasteiger partial charge in [-0.2, -0.15) is 0 Å². The number of rotatable bonds is 6. The minimum atomic E-state index is -1.02. The van der Waals surface area contributed by atoms with Crippen molar-refractivity contribution in [2.45, 2.75) is 115 Å². The third-order valence-electron chi connectivity index (χ3n) is 14.9. The lowest BCUT2D eigenvalue weighted by molar-refractivity contribution is -0.157. The molecule has 65 heavy (non-hydrogen) atoms. The molecule has 1 spiro atoms. The van der Waals surface area contributed by atoms with Crippen molar-refractivity contribution in [3.63, 3.8) is 0 Å². The van der Waals surface area contributed by atoms with Crippen molar-refractivity contribution in [1.29, 1.82) is 0 Å². The molecule has 4 saturated heterocycles. The molecule has 3 N–H and O–H groups in total. The summed E-state index contributed by atoms with van der Waals surface area (Å²) in [7, 11) is 3.39. The Balaban J connectivity index is 1.05. The van der Waals surface area contributed by atoms with E-state index in [0.717, 1.165) is 52.2 Å². The van der Waals surface area contributed by atoms with Crippen LogP contribution in [0, 0.1) is 11.3 Å². The van der Waals surface area contributed by atoms with E-state index in [2.05, 4.69) is 70.6 Å². The predicted octanol–water partition coefficient (Wildman–Crippen LogP) is 4.15. The molecule has 0 radical (unpaired) electrons. The van der Waals surface area contributed by atoms with Crippen molar-refractivity contribution < 1.29 is 38.1 Å². The van der Waals surface area contributed by atoms with Crippen LogP contribution in [0.25, 0.3) is 22.2 Å². The predicted molar refractivity (Wildman–Crippen MR) is 244 cm³/mol. The Morgan fingerprint density at radius 1 is 1.11 bits per heavy atom. The van der Waals surface area contributed by atoms with Crippen LogP contribution in [0.5, 0.6) is 0 Å². The van der Waals surface area contributed by atoms with Gasteiger partial charge in [-0.1, -0.05) is 27.7 Å². The molecule has 5 aliphatic heterocycles. The zero-order chi connectivity index (χ0) is 45.8. The number of fused-ring (bicyclic) bond motifs is 8. The maximum Gasteiger partial charge on any atom is 0.324 e. The van der Waals surface area contributed by atoms with Gasteiger partial charge in [0.2, 0.25) is 5.91 Å². The first-order valence-corrected chi connectivity index (χ1v) is 23.7. The largest absolute Gasteiger partial charge is 0.464 e. The number of amides is 4. The summed E-state index contributed by atoms with van der Waals surface area (Å²) < 4.78 is 27.4. The summed E-state index contributed by atoms with van der Waals surface area (Å²) in [5.41, 5.74) is 8.56. The van der Waals surface area contributed by atoms with Crippen molar-refractivity contribution in [1.82, 2.24) is 40.4 Å². The minimum Gasteiger partial charge on any atom is -0.464 e. The summed E-state index contributed by atoms with van der Waals surface area (Å²) >= 11 is 0. The van der Waals surface area contributed by atoms with Crippen LogP contribution in [-0.4, -0.2) is 151 Å². The van der Waals surface area contributed by atoms with Gasteiger partial charge in [-0.15, -0.1) is 0 Å². The number of urea groups is 1. The summed E-state index contributed by atoms with van der Waals surface area (Å²) in [6.07, 6.45) is 3.60. The highest BCUT2D eigenvalue weighted by atomic mass is 16.5. The molecule has 0 saturated carbocycles. The monoisotopic (exact) mass is 898 g/mol. The van der Waals surface area contributed by atoms with Crippen LogP contribution in [0.3, 0.4) is 0 Å². The Bertz CT molecular complexity index is 2280. The van der Waals surface area contributed by atoms with E-state index in [0.29, 0.717) is 71.7 Å². The van der Waals surface area contributed by atoms with Gasteiger partial charge < -0.3 is 43.5 Å². The highest BCUT2D eigenvalue weighted by Gasteiger charge is 2.48. The summed E-state index contributed by atoms with van der Waals surface area (Å²) in [5.74, 6) is -1.75. The molecule has 1 aliphatic carbocycles. The number of benzene rings is 1. The molecule has 9 rings (SSSR count). The van der Waals surface area contributed by atoms with Gasteiger partial charge in [0, 0.05) is 106 Å². The number of carbonyl (C=O) groups excluding carboxylic acids is 4. The molecule has 3 aromatic rings. The van der Waals surface area contributed by atoms with Crippen LogP contribution < -0.4 is 21.0 Å². The zero-order valence-corrected chi connectivity index (χ0v) is 39.1. The van der Waals surface area contributed by atoms with E-state index >= 15 is 0 Å². The third kappa shape index (κ3) is 8.36. The maximum atomic E-state index is 14.8. The van der Waals surface area contributed by atoms with Crippen molar-refractivity contribution in [3.05, 3.63) is 47.8 Å². The van der Waals surface area contributed by atoms with E-state index in [1.165, 1.54) is 9.91 Å². The molecule has 6 aliphatic rings. The lowest BCUT2D eigenvalue weighted by Gasteiger charge is -2.43. The Morgan fingerprint density at radius 3 is 2.63 bits per heavy atom. The molecular weight excluding hydrogens is 831 g/mol. The SMILES string of the molecule is CCn1c2c3c4cc(ccc41)N1CCO[C@@H](C[C@H](NC(=O)[C@H](C(C)C)N(C)C(=O)N4CCC5(CC4)CNCO5)C(=O)N4CCC[C@H](N4)C(=O)OCC(C)(C)C3[C@H](OC)c3ncccc3-2)C1. The standard InChI is InChI=1S/C48H67N9O8/c1-8-56-36-14-13-30-23-33(36)37-38(42(62-7)39-32(41(37)56)11-9-17-50-39)47(4,5)27-64-45(60)34-12-10-18-57(52-34)44(59)35(24-31-25-55(30)21-22-63-31)51-43(58)40(29(2)3)53(6)46(61)54-19-15-48(16-20-54)26-49-28-65-48/h9,11,13-14,17,23,29,31,34-35,38,40,42,49,52H,8,10,12,15-16,18-22,24-28H2,1-7H3,(H,51,58)/t31-,34-,35-,38?,40-,42-/m0/s1. The third-order valence-corrected chi connectivity index (χ3v) is 14.9. The molecule has 352 valence electrons. The summed E-state index contributed by atoms with van der Waals surface area (Å²) in [4.78, 5) is 68.0. The van der Waals surface area contributed by atoms with Crippen LogP contribution in [-0.2, 0) is 39.9 Å². The van der Waals surface area contributed by atoms with Crippen molar-refractivity contribution in [2.75, 3.05) is 78.3 Å². The van der Waals surface area contributed by atoms with Gasteiger partial charge in [0.05, 0.1) is 43.0 Å². The number of cyclic esters (lactones) is 1. The van der Waals surface area contributed by atoms with E-state index in [9.17, 15) is 19.2 Å². The van der Waals surface area contributed by atoms with Crippen LogP contribution in [0.4, 0.5) is 10.5 Å². The lowest BCUT2D eigenvalue weighted by Crippen LogP contribution is -2.63. The summed E-state index contributed by atoms with van der Waals surface area (Å²) in [5, 5.41) is 8.93. The van der Waals surface area contributed by atoms with Crippen molar-refractivity contribution >= 4 is 40.4 Å². The number of piperidine rings is 1. The number of aromatic nitrogens is 2. The molecule has 4 fully saturated rings. The Labute approximate surface area is 381 Å². The number of hydrogen-bond donors (Lipinski definition) is 3. The second-order valence-corrected chi connectivity index (χ2v) is 19.9. The molecular formula is C48H67N9O8. The molecule has 6 bridgehead atoms. The first kappa shape index (κ1) is 45.4. The van der Waals surface area contributed by atoms with E-state index in [1.807, 2.05) is 26.1 Å². The molecule has 4 amide bonds. The minimum absolute atomic E-state index is 0.0958. The summed E-state index contributed by atoms with van der Waals surface area (Å²) in [6.45, 7) is 15.2. The van der Waals surface area contributed by atoms with Gasteiger partial charge in [0.25, 0.3) is 5.91 Å². The van der Waals surface area contributed by atoms with Crippen LogP contribution in [0.2, 0.25) is 0 Å². The van der Waals surface area contributed by atoms with Crippen molar-refractivity contribution in [3.8, 4) is 11.3 Å². The average Bonchev–Trinajstić information content (AvgIpc) is 3.91. The maximum absolute atomic E-state index is 14.8. The molecule has 17 nitrogen and oxygen atoms in total. The van der Waals surface area contributed by atoms with E-state index in [-0.39, 0.29) is 42.4 Å². The lowest BCUT2D eigenvalue weighted by atomic mass is 9.67. The van der Waals surface area contributed by atoms with Gasteiger partial charge in [-0.3, -0.25) is 29.7 Å². The number of aryl methyl sites for hydroxylation is 1. The molecule has 6 atom stereocenters. The number of esters is 1. The molecule has 2 aromatic heterocycles. The summed E-state index contributed by atoms with van der Waals surface area (Å²) in [6, 6.07) is 7.81. The van der Waals surface area contributed by atoms with E-state index in [1.54, 1.807) is 19.1 Å². The Hall–Kier alpha value is -4.81. The molecule has 17 heteroatoms. The van der Waals surface area contributed by atoms with Gasteiger partial charge >= 0.3 is 12.0 Å². The fourth-order valence-electron chi connectivity index (χ4n) is 11.5. The molecule has 1 aromatic carbocycles. The fraction of sp³-hybridized carbons (Fsp3) is 0.646. The first-order chi connectivity index (χ1) is 31.2. The van der Waals surface area contributed by atoms with Gasteiger partial charge in [0.1, 0.15) is 24.2 Å². The number of likely N-dealkylation sites (N-methyl/N-ethyl adjacent to an activating group) is 1. The number of nitrogens with one attached hydrogen (secondary N) is 3. The Kier molecular flexibility index (Phi) is 12.6. The number of ether oxygens (including phenoxy) is 4. The molecule has 1 unspecified atom stereocenters. The van der Waals surface area contributed by atoms with E-state index in [4.69, 9.17) is 23.9 Å². The number of morpholine rings is 1. The highest BCUT2D eigenvalue weighted by Crippen LogP contribution is 2.57. The first-order valence-electron chi connectivity index (χ1n) is 23.7. The fourth-order valence-corrected chi connectivity index (χ4v) is 11.5. The van der Waals surface area contributed by atoms with Crippen molar-refractivity contribution in [2.24, 2.45) is 11.3 Å². The number of anilines is 1. The number of hydrazine groups is 1. The number of nitrogens with zero attached hydrogens (tertiary/aromatic N) is 6. The van der Waals surface area contributed by atoms with Gasteiger partial charge in [-0.05, 0) is 74.4 Å². The van der Waals surface area contributed by atoms with Gasteiger partial charge in [0.15, 0.2) is 0 Å². The average molecular weight is 898 g/mol. The topological polar surface area (TPSA) is 172 Å². The van der Waals surface area contributed by atoms with Crippen LogP contribution in [0.1, 0.15) is 90.0 Å². The van der Waals surface area contributed by atoms with E-state index < -0.39 is 47.6 Å². The quantitative estimate of drug-likeness (QED) is 0.303.